The number of thiophene rings is 1. The van der Waals surface area contributed by atoms with Crippen LogP contribution in [0.5, 0.6) is 0 Å². The fourth-order valence-electron chi connectivity index (χ4n) is 3.02. The molecule has 1 N–H and O–H groups in total. The Balaban J connectivity index is 1.51. The third kappa shape index (κ3) is 4.86. The van der Waals surface area contributed by atoms with E-state index in [-0.39, 0.29) is 12.0 Å². The van der Waals surface area contributed by atoms with Crippen LogP contribution in [0.3, 0.4) is 0 Å². The smallest absolute Gasteiger partial charge is 0.444 e. The Labute approximate surface area is 182 Å². The molecule has 0 aromatic carbocycles. The molecule has 0 bridgehead atoms. The summed E-state index contributed by atoms with van der Waals surface area (Å²) in [6.45, 7) is 8.73. The van der Waals surface area contributed by atoms with E-state index in [1.54, 1.807) is 16.2 Å². The molecule has 0 aliphatic carbocycles. The van der Waals surface area contributed by atoms with Gasteiger partial charge in [0, 0.05) is 18.1 Å². The zero-order chi connectivity index (χ0) is 21.3. The summed E-state index contributed by atoms with van der Waals surface area (Å²) in [5, 5.41) is 6.05. The normalized spacial score (nSPS) is 16.4. The maximum Gasteiger partial charge on any atom is 0.448 e. The summed E-state index contributed by atoms with van der Waals surface area (Å²) in [4.78, 5) is 27.6. The van der Waals surface area contributed by atoms with Crippen molar-refractivity contribution in [3.8, 4) is 6.07 Å². The summed E-state index contributed by atoms with van der Waals surface area (Å²) in [5.74, 6) is 1.10. The number of hydrogen-bond acceptors (Lipinski definition) is 8. The van der Waals surface area contributed by atoms with Crippen molar-refractivity contribution in [3.05, 3.63) is 28.1 Å². The van der Waals surface area contributed by atoms with Gasteiger partial charge in [0.05, 0.1) is 17.1 Å². The highest BCUT2D eigenvalue weighted by Gasteiger charge is 2.31. The Bertz CT molecular complexity index is 1140. The second kappa shape index (κ2) is 8.16. The molecule has 4 heterocycles. The van der Waals surface area contributed by atoms with Gasteiger partial charge < -0.3 is 9.64 Å². The summed E-state index contributed by atoms with van der Waals surface area (Å²) in [5.41, 5.74) is 1.28. The number of nitrogens with zero attached hydrogens (tertiary/aromatic N) is 5. The summed E-state index contributed by atoms with van der Waals surface area (Å²) in [7, 11) is 0. The molecular formula is C20H23N6O2S2+. The topological polar surface area (TPSA) is 84.6 Å². The standard InChI is InChI=1S/C20H23N6O2S2/c1-12-9-15(30-25-12)23-18-22-14-6-8-29-16(14)17(24-18)21-10-13-5-7-26(11-13)19(27)28-20(2,3)4/h6,8-9,13H,5,7,11H2,1-4H3,(H,22,23,24)/q+1/t13-/m0/s1. The Morgan fingerprint density at radius 3 is 2.97 bits per heavy atom. The van der Waals surface area contributed by atoms with Crippen LogP contribution in [0.4, 0.5) is 21.6 Å². The van der Waals surface area contributed by atoms with Crippen LogP contribution < -0.4 is 5.32 Å². The van der Waals surface area contributed by atoms with Crippen LogP contribution in [0.2, 0.25) is 0 Å². The number of nitrogens with one attached hydrogen (secondary N) is 1. The number of carbonyl (C=O) groups excluding carboxylic acids is 1. The lowest BCUT2D eigenvalue weighted by molar-refractivity contribution is 0.0291. The van der Waals surface area contributed by atoms with Crippen molar-refractivity contribution >= 4 is 55.9 Å². The summed E-state index contributed by atoms with van der Waals surface area (Å²) >= 11 is 2.91. The van der Waals surface area contributed by atoms with Gasteiger partial charge in [-0.05, 0) is 63.2 Å². The molecular weight excluding hydrogens is 420 g/mol. The Kier molecular flexibility index (Phi) is 5.58. The van der Waals surface area contributed by atoms with E-state index in [2.05, 4.69) is 30.6 Å². The molecule has 3 aromatic heterocycles. The Morgan fingerprint density at radius 2 is 2.23 bits per heavy atom. The first-order valence-electron chi connectivity index (χ1n) is 9.66. The van der Waals surface area contributed by atoms with Gasteiger partial charge in [0.2, 0.25) is 0 Å². The van der Waals surface area contributed by atoms with E-state index in [0.29, 0.717) is 24.9 Å². The largest absolute Gasteiger partial charge is 0.448 e. The van der Waals surface area contributed by atoms with E-state index in [1.807, 2.05) is 45.2 Å². The predicted octanol–water partition coefficient (Wildman–Crippen LogP) is 5.42. The number of amides is 1. The van der Waals surface area contributed by atoms with Crippen LogP contribution in [0, 0.1) is 18.9 Å². The monoisotopic (exact) mass is 443 g/mol. The zero-order valence-electron chi connectivity index (χ0n) is 17.3. The Hall–Kier alpha value is -2.77. The highest BCUT2D eigenvalue weighted by atomic mass is 32.1. The van der Waals surface area contributed by atoms with Crippen LogP contribution in [-0.4, -0.2) is 44.0 Å². The maximum absolute atomic E-state index is 12.3. The molecule has 0 saturated carbocycles. The minimum absolute atomic E-state index is 0.0445. The highest BCUT2D eigenvalue weighted by molar-refractivity contribution is 7.17. The molecule has 0 unspecified atom stereocenters. The molecule has 30 heavy (non-hydrogen) atoms. The van der Waals surface area contributed by atoms with Crippen molar-refractivity contribution < 1.29 is 9.53 Å². The molecule has 0 radical (unpaired) electrons. The molecule has 1 aliphatic heterocycles. The van der Waals surface area contributed by atoms with E-state index in [9.17, 15) is 4.79 Å². The van der Waals surface area contributed by atoms with Crippen molar-refractivity contribution in [2.24, 2.45) is 5.92 Å². The van der Waals surface area contributed by atoms with Crippen molar-refractivity contribution in [2.75, 3.05) is 18.4 Å². The number of fused-ring (bicyclic) bond motifs is 1. The number of aromatic nitrogens is 3. The second-order valence-electron chi connectivity index (χ2n) is 8.12. The number of hydrogen-bond donors (Lipinski definition) is 1. The van der Waals surface area contributed by atoms with Gasteiger partial charge in [0.25, 0.3) is 0 Å². The van der Waals surface area contributed by atoms with E-state index in [1.165, 1.54) is 11.5 Å². The molecule has 0 spiro atoms. The lowest BCUT2D eigenvalue weighted by Gasteiger charge is -2.24. The zero-order valence-corrected chi connectivity index (χ0v) is 18.9. The highest BCUT2D eigenvalue weighted by Crippen LogP contribution is 2.31. The number of likely N-dealkylation sites (tertiary alicyclic amines) is 1. The molecule has 3 aromatic rings. The number of anilines is 2. The van der Waals surface area contributed by atoms with Gasteiger partial charge in [-0.15, -0.1) is 11.3 Å². The van der Waals surface area contributed by atoms with Crippen molar-refractivity contribution in [1.29, 1.82) is 0 Å². The van der Waals surface area contributed by atoms with Crippen molar-refractivity contribution in [1.82, 2.24) is 19.2 Å². The van der Waals surface area contributed by atoms with Crippen LogP contribution in [0.15, 0.2) is 17.5 Å². The second-order valence-corrected chi connectivity index (χ2v) is 9.84. The number of rotatable bonds is 2. The van der Waals surface area contributed by atoms with Crippen LogP contribution >= 0.6 is 22.9 Å². The first kappa shape index (κ1) is 20.5. The summed E-state index contributed by atoms with van der Waals surface area (Å²) in [6, 6.07) is 7.07. The van der Waals surface area contributed by atoms with Crippen LogP contribution in [0.1, 0.15) is 32.9 Å². The van der Waals surface area contributed by atoms with Gasteiger partial charge in [0.15, 0.2) is 10.8 Å². The van der Waals surface area contributed by atoms with Gasteiger partial charge in [-0.25, -0.2) is 4.79 Å². The average Bonchev–Trinajstić information content (AvgIpc) is 3.39. The maximum atomic E-state index is 12.3. The van der Waals surface area contributed by atoms with Crippen molar-refractivity contribution in [3.63, 3.8) is 0 Å². The lowest BCUT2D eigenvalue weighted by atomic mass is 10.1. The van der Waals surface area contributed by atoms with Gasteiger partial charge >= 0.3 is 17.9 Å². The molecule has 8 nitrogen and oxygen atoms in total. The van der Waals surface area contributed by atoms with Gasteiger partial charge in [0.1, 0.15) is 10.6 Å². The van der Waals surface area contributed by atoms with Gasteiger partial charge in [-0.3, -0.25) is 5.32 Å². The minimum atomic E-state index is -0.501. The first-order valence-corrected chi connectivity index (χ1v) is 11.3. The Morgan fingerprint density at radius 1 is 1.40 bits per heavy atom. The first-order chi connectivity index (χ1) is 14.3. The molecule has 4 rings (SSSR count). The van der Waals surface area contributed by atoms with E-state index >= 15 is 0 Å². The quantitative estimate of drug-likeness (QED) is 0.569. The SMILES string of the molecule is Cc1cc(Nc2nc([N+]#C[C@@H]3CCN(C(=O)OC(C)(C)C)C3)c3sccc3n2)sn1. The fraction of sp³-hybridized carbons (Fsp3) is 0.450. The average molecular weight is 444 g/mol. The third-order valence-electron chi connectivity index (χ3n) is 4.34. The predicted molar refractivity (Wildman–Crippen MR) is 120 cm³/mol. The molecule has 1 fully saturated rings. The van der Waals surface area contributed by atoms with E-state index < -0.39 is 5.60 Å². The molecule has 1 saturated heterocycles. The minimum Gasteiger partial charge on any atom is -0.444 e. The molecule has 1 atom stereocenters. The van der Waals surface area contributed by atoms with Gasteiger partial charge in [-0.2, -0.15) is 14.2 Å². The lowest BCUT2D eigenvalue weighted by Crippen LogP contribution is -2.35. The molecule has 1 amide bonds. The van der Waals surface area contributed by atoms with Gasteiger partial charge in [-0.1, -0.05) is 0 Å². The van der Waals surface area contributed by atoms with E-state index in [4.69, 9.17) is 4.74 Å². The van der Waals surface area contributed by atoms with Crippen LogP contribution in [0.25, 0.3) is 15.1 Å². The van der Waals surface area contributed by atoms with Crippen LogP contribution in [-0.2, 0) is 4.74 Å². The van der Waals surface area contributed by atoms with Crippen molar-refractivity contribution in [2.45, 2.75) is 39.7 Å². The number of carbonyl (C=O) groups is 1. The summed E-state index contributed by atoms with van der Waals surface area (Å²) in [6.07, 6.45) is 0.507. The van der Waals surface area contributed by atoms with E-state index in [0.717, 1.165) is 27.3 Å². The number of aryl methyl sites for hydroxylation is 1. The number of ether oxygens (including phenoxy) is 1. The molecule has 156 valence electrons. The fourth-order valence-corrected chi connectivity index (χ4v) is 4.44. The molecule has 10 heteroatoms. The summed E-state index contributed by atoms with van der Waals surface area (Å²) < 4.78 is 10.6. The molecule has 1 aliphatic rings. The third-order valence-corrected chi connectivity index (χ3v) is 6.04.